The molecule has 11 aromatic rings. The molecule has 0 atom stereocenters. The van der Waals surface area contributed by atoms with E-state index in [1.165, 1.54) is 0 Å². The maximum absolute atomic E-state index is 12.1. The quantitative estimate of drug-likeness (QED) is 0.0493. The number of furan rings is 1. The summed E-state index contributed by atoms with van der Waals surface area (Å²) in [6.07, 6.45) is 0. The zero-order chi connectivity index (χ0) is 40.4. The third-order valence-electron chi connectivity index (χ3n) is 11.7. The van der Waals surface area contributed by atoms with Crippen LogP contribution in [0.15, 0.2) is 138 Å². The highest BCUT2D eigenvalue weighted by Crippen LogP contribution is 2.63. The van der Waals surface area contributed by atoms with Crippen molar-refractivity contribution in [1.29, 1.82) is 0 Å². The Bertz CT molecular complexity index is 3580. The number of hydrogen-bond acceptors (Lipinski definition) is 9. The van der Waals surface area contributed by atoms with E-state index in [-0.39, 0.29) is 32.7 Å². The van der Waals surface area contributed by atoms with Gasteiger partial charge in [0, 0.05) is 48.8 Å². The second-order valence-corrected chi connectivity index (χ2v) is 14.8. The molecule has 8 N–H and O–H groups in total. The number of hydrogen-bond donors (Lipinski definition) is 8. The molecule has 0 saturated carbocycles. The van der Waals surface area contributed by atoms with Crippen LogP contribution < -0.4 is 0 Å². The van der Waals surface area contributed by atoms with E-state index in [2.05, 4.69) is 0 Å². The van der Waals surface area contributed by atoms with Crippen molar-refractivity contribution in [3.8, 4) is 79.4 Å². The van der Waals surface area contributed by atoms with Gasteiger partial charge in [0.25, 0.3) is 0 Å². The summed E-state index contributed by atoms with van der Waals surface area (Å²) in [5.74, 6) is -7.52. The van der Waals surface area contributed by atoms with Gasteiger partial charge in [-0.25, -0.2) is 0 Å². The molecule has 0 spiro atoms. The van der Waals surface area contributed by atoms with E-state index in [0.717, 1.165) is 43.1 Å². The smallest absolute Gasteiger partial charge is 0.204 e. The van der Waals surface area contributed by atoms with Crippen LogP contribution in [0.25, 0.3) is 109 Å². The molecule has 0 radical (unpaired) electrons. The van der Waals surface area contributed by atoms with E-state index in [0.29, 0.717) is 33.4 Å². The first-order valence-corrected chi connectivity index (χ1v) is 18.7. The number of phenolic OH excluding ortho intramolecular Hbond substituents is 8. The zero-order valence-electron chi connectivity index (χ0n) is 30.7. The first-order chi connectivity index (χ1) is 28.6. The van der Waals surface area contributed by atoms with Crippen LogP contribution in [0.3, 0.4) is 0 Å². The topological polar surface area (TPSA) is 175 Å². The Balaban J connectivity index is 1.39. The highest BCUT2D eigenvalue weighted by molar-refractivity contribution is 6.31. The molecule has 9 nitrogen and oxygen atoms in total. The maximum Gasteiger partial charge on any atom is 0.204 e. The number of fused-ring (bicyclic) bond motifs is 9. The highest BCUT2D eigenvalue weighted by Gasteiger charge is 2.33. The molecular weight excluding hydrogens is 745 g/mol. The number of phenols is 8. The molecule has 0 bridgehead atoms. The molecule has 0 fully saturated rings. The van der Waals surface area contributed by atoms with Crippen molar-refractivity contribution in [2.45, 2.75) is 0 Å². The van der Waals surface area contributed by atoms with Gasteiger partial charge in [0.2, 0.25) is 23.0 Å². The largest absolute Gasteiger partial charge is 0.504 e. The fourth-order valence-electron chi connectivity index (χ4n) is 9.05. The van der Waals surface area contributed by atoms with Crippen molar-refractivity contribution < 1.29 is 45.3 Å². The fraction of sp³-hybridized carbons (Fsp3) is 0. The van der Waals surface area contributed by atoms with Crippen LogP contribution >= 0.6 is 0 Å². The van der Waals surface area contributed by atoms with Gasteiger partial charge >= 0.3 is 0 Å². The summed E-state index contributed by atoms with van der Waals surface area (Å²) in [5, 5.41) is 98.5. The van der Waals surface area contributed by atoms with Crippen molar-refractivity contribution >= 4 is 75.8 Å². The van der Waals surface area contributed by atoms with Crippen LogP contribution in [0.5, 0.6) is 46.0 Å². The second kappa shape index (κ2) is 12.1. The number of rotatable bonds is 3. The molecule has 9 heteroatoms. The van der Waals surface area contributed by atoms with Crippen molar-refractivity contribution in [3.63, 3.8) is 0 Å². The lowest BCUT2D eigenvalue weighted by molar-refractivity contribution is 0.350. The predicted molar refractivity (Wildman–Crippen MR) is 231 cm³/mol. The number of aromatic hydroxyl groups is 8. The van der Waals surface area contributed by atoms with Crippen LogP contribution in [0, 0.1) is 0 Å². The second-order valence-electron chi connectivity index (χ2n) is 14.8. The minimum Gasteiger partial charge on any atom is -0.504 e. The summed E-state index contributed by atoms with van der Waals surface area (Å²) in [6.45, 7) is 0. The van der Waals surface area contributed by atoms with Crippen LogP contribution in [0.4, 0.5) is 0 Å². The molecule has 11 rings (SSSR count). The average Bonchev–Trinajstić information content (AvgIpc) is 3.67. The monoisotopic (exact) mass is 774 g/mol. The lowest BCUT2D eigenvalue weighted by Gasteiger charge is -2.24. The zero-order valence-corrected chi connectivity index (χ0v) is 30.7. The van der Waals surface area contributed by atoms with Gasteiger partial charge in [0.05, 0.1) is 0 Å². The Morgan fingerprint density at radius 3 is 1.46 bits per heavy atom. The Labute approximate surface area is 333 Å². The van der Waals surface area contributed by atoms with Gasteiger partial charge < -0.3 is 45.3 Å². The normalized spacial score (nSPS) is 11.9. The van der Waals surface area contributed by atoms with Crippen molar-refractivity contribution in [3.05, 3.63) is 133 Å². The molecule has 0 amide bonds. The Hall–Kier alpha value is -8.30. The minimum absolute atomic E-state index is 0.0205. The molecule has 10 aromatic carbocycles. The average molecular weight is 775 g/mol. The van der Waals surface area contributed by atoms with Crippen LogP contribution in [-0.2, 0) is 0 Å². The predicted octanol–water partition coefficient (Wildman–Crippen LogP) is 12.0. The van der Waals surface area contributed by atoms with Gasteiger partial charge in [-0.2, -0.15) is 0 Å². The van der Waals surface area contributed by atoms with Gasteiger partial charge in [0.1, 0.15) is 11.2 Å². The van der Waals surface area contributed by atoms with Crippen LogP contribution in [-0.4, -0.2) is 40.9 Å². The molecule has 0 aliphatic heterocycles. The maximum atomic E-state index is 12.1. The molecule has 1 aromatic heterocycles. The molecule has 1 heterocycles. The van der Waals surface area contributed by atoms with E-state index in [4.69, 9.17) is 4.42 Å². The standard InChI is InChI=1S/C50H30O9/c51-42-38-34(27-17-16-23-8-1-2-11-26(23)22-27)39-41(45(54)49(58)47(56)43(39)52)37(40(38)44(53)48(57)46(42)55)31-20-18-24-9-3-5-12-28(24)35(31)30-14-7-15-33-36(30)32-21-19-25-10-4-6-13-29(25)50(32)59-33/h1-22,51-58H. The molecule has 59 heavy (non-hydrogen) atoms. The first-order valence-electron chi connectivity index (χ1n) is 18.7. The van der Waals surface area contributed by atoms with E-state index in [1.54, 1.807) is 24.3 Å². The third-order valence-corrected chi connectivity index (χ3v) is 11.7. The van der Waals surface area contributed by atoms with Crippen LogP contribution in [0.1, 0.15) is 0 Å². The van der Waals surface area contributed by atoms with Gasteiger partial charge in [-0.1, -0.05) is 115 Å². The van der Waals surface area contributed by atoms with Gasteiger partial charge in [-0.05, 0) is 67.4 Å². The number of benzene rings is 10. The third kappa shape index (κ3) is 4.55. The Morgan fingerprint density at radius 2 is 0.814 bits per heavy atom. The molecule has 284 valence electrons. The summed E-state index contributed by atoms with van der Waals surface area (Å²) in [7, 11) is 0. The van der Waals surface area contributed by atoms with E-state index in [9.17, 15) is 40.9 Å². The van der Waals surface area contributed by atoms with E-state index in [1.807, 2.05) is 109 Å². The molecular formula is C50H30O9. The van der Waals surface area contributed by atoms with Crippen LogP contribution in [0.2, 0.25) is 0 Å². The summed E-state index contributed by atoms with van der Waals surface area (Å²) in [4.78, 5) is 0. The SMILES string of the molecule is Oc1c(O)c(O)c2c(-c3ccc4ccccc4c3-c3cccc4oc5c6ccccc6ccc5c34)c3c(O)c(O)c(O)c(O)c3c(-c3ccc4ccccc4c3)c2c1O. The summed E-state index contributed by atoms with van der Waals surface area (Å²) in [5.41, 5.74) is 3.12. The highest BCUT2D eigenvalue weighted by atomic mass is 16.4. The van der Waals surface area contributed by atoms with E-state index >= 15 is 0 Å². The minimum atomic E-state index is -1.04. The summed E-state index contributed by atoms with van der Waals surface area (Å²) >= 11 is 0. The Morgan fingerprint density at radius 1 is 0.305 bits per heavy atom. The lowest BCUT2D eigenvalue weighted by atomic mass is 9.80. The summed E-state index contributed by atoms with van der Waals surface area (Å²) in [6, 6.07) is 41.4. The van der Waals surface area contributed by atoms with E-state index < -0.39 is 46.0 Å². The Kier molecular flexibility index (Phi) is 6.97. The molecule has 0 saturated heterocycles. The van der Waals surface area contributed by atoms with Crippen molar-refractivity contribution in [2.24, 2.45) is 0 Å². The first kappa shape index (κ1) is 34.0. The fourth-order valence-corrected chi connectivity index (χ4v) is 9.05. The molecule has 0 unspecified atom stereocenters. The molecule has 0 aliphatic carbocycles. The molecule has 0 aliphatic rings. The van der Waals surface area contributed by atoms with Gasteiger partial charge in [-0.15, -0.1) is 0 Å². The van der Waals surface area contributed by atoms with Crippen molar-refractivity contribution in [1.82, 2.24) is 0 Å². The lowest BCUT2D eigenvalue weighted by Crippen LogP contribution is -1.96. The summed E-state index contributed by atoms with van der Waals surface area (Å²) < 4.78 is 6.58. The van der Waals surface area contributed by atoms with Crippen molar-refractivity contribution in [2.75, 3.05) is 0 Å². The van der Waals surface area contributed by atoms with Gasteiger partial charge in [0.15, 0.2) is 23.0 Å². The van der Waals surface area contributed by atoms with Gasteiger partial charge in [-0.3, -0.25) is 0 Å².